The van der Waals surface area contributed by atoms with Gasteiger partial charge in [0.1, 0.15) is 12.4 Å². The number of nitrogens with zero attached hydrogens (tertiary/aromatic N) is 3. The molecule has 9 heteroatoms. The normalized spacial score (nSPS) is 20.5. The highest BCUT2D eigenvalue weighted by molar-refractivity contribution is 6.00. The van der Waals surface area contributed by atoms with Gasteiger partial charge in [0.25, 0.3) is 6.20 Å². The number of rotatable bonds is 6. The second-order valence-electron chi connectivity index (χ2n) is 7.56. The van der Waals surface area contributed by atoms with E-state index in [1.165, 1.54) is 12.3 Å². The van der Waals surface area contributed by atoms with E-state index in [-0.39, 0.29) is 35.7 Å². The number of benzene rings is 1. The molecule has 1 amide bonds. The lowest BCUT2D eigenvalue weighted by Gasteiger charge is -2.30. The van der Waals surface area contributed by atoms with Gasteiger partial charge < -0.3 is 23.9 Å². The number of piperidine rings is 1. The van der Waals surface area contributed by atoms with E-state index in [9.17, 15) is 10.0 Å². The van der Waals surface area contributed by atoms with Gasteiger partial charge in [0.15, 0.2) is 5.75 Å². The van der Waals surface area contributed by atoms with Crippen LogP contribution in [-0.2, 0) is 6.61 Å². The number of hydrogen-bond acceptors (Lipinski definition) is 6. The maximum absolute atomic E-state index is 13.2. The smallest absolute Gasteiger partial charge is 0.374 e. The van der Waals surface area contributed by atoms with E-state index in [1.807, 2.05) is 29.2 Å². The van der Waals surface area contributed by atoms with Crippen LogP contribution in [0.1, 0.15) is 28.9 Å². The van der Waals surface area contributed by atoms with E-state index in [0.717, 1.165) is 48.5 Å². The van der Waals surface area contributed by atoms with E-state index in [2.05, 4.69) is 4.90 Å². The van der Waals surface area contributed by atoms with Crippen LogP contribution in [0, 0.1) is 0 Å². The fourth-order valence-corrected chi connectivity index (χ4v) is 4.05. The van der Waals surface area contributed by atoms with E-state index < -0.39 is 0 Å². The van der Waals surface area contributed by atoms with E-state index in [1.54, 1.807) is 7.11 Å². The summed E-state index contributed by atoms with van der Waals surface area (Å²) < 4.78 is 16.6. The molecule has 2 radical (unpaired) electrons. The third-order valence-corrected chi connectivity index (χ3v) is 5.81. The van der Waals surface area contributed by atoms with Crippen LogP contribution in [0.3, 0.4) is 0 Å². The minimum atomic E-state index is -0.244. The Balaban J connectivity index is 1.51. The standard InChI is InChI=1S/C21H25BN3O5/c1-28-17-4-2-15(3-5-17)14-29-20-13-25(27)18(12-19(20)30-22)21(26)24-11-10-23-8-6-16(24)7-9-23/h2-5,12-13,16,27H,6-11,14H2,1H3/q+1. The van der Waals surface area contributed by atoms with Gasteiger partial charge in [-0.15, -0.1) is 0 Å². The van der Waals surface area contributed by atoms with Gasteiger partial charge in [0.05, 0.1) is 13.2 Å². The molecule has 0 atom stereocenters. The number of aromatic nitrogens is 1. The summed E-state index contributed by atoms with van der Waals surface area (Å²) in [7, 11) is 7.03. The molecule has 1 aromatic carbocycles. The quantitative estimate of drug-likeness (QED) is 0.438. The van der Waals surface area contributed by atoms with Crippen molar-refractivity contribution in [3.8, 4) is 17.2 Å². The Kier molecular flexibility index (Phi) is 5.99. The van der Waals surface area contributed by atoms with E-state index >= 15 is 0 Å². The molecule has 0 saturated carbocycles. The van der Waals surface area contributed by atoms with Crippen LogP contribution < -0.4 is 18.9 Å². The molecule has 30 heavy (non-hydrogen) atoms. The number of hydrogen-bond donors (Lipinski definition) is 1. The van der Waals surface area contributed by atoms with E-state index in [0.29, 0.717) is 6.54 Å². The van der Waals surface area contributed by atoms with Crippen LogP contribution >= 0.6 is 0 Å². The molecule has 0 spiro atoms. The van der Waals surface area contributed by atoms with Crippen molar-refractivity contribution in [1.29, 1.82) is 0 Å². The van der Waals surface area contributed by atoms with Crippen molar-refractivity contribution in [2.24, 2.45) is 0 Å². The third kappa shape index (κ3) is 4.16. The molecule has 1 aromatic heterocycles. The zero-order valence-corrected chi connectivity index (χ0v) is 17.0. The Bertz CT molecular complexity index is 900. The van der Waals surface area contributed by atoms with Crippen LogP contribution in [-0.4, -0.2) is 68.3 Å². The Morgan fingerprint density at radius 2 is 1.90 bits per heavy atom. The van der Waals surface area contributed by atoms with Crippen LogP contribution in [0.5, 0.6) is 17.2 Å². The third-order valence-electron chi connectivity index (χ3n) is 5.81. The maximum Gasteiger partial charge on any atom is 0.374 e. The molecule has 4 heterocycles. The second-order valence-corrected chi connectivity index (χ2v) is 7.56. The Labute approximate surface area is 177 Å². The zero-order valence-electron chi connectivity index (χ0n) is 17.0. The van der Waals surface area contributed by atoms with Gasteiger partial charge in [-0.05, 0) is 30.5 Å². The van der Waals surface area contributed by atoms with Crippen molar-refractivity contribution in [1.82, 2.24) is 9.80 Å². The SMILES string of the molecule is [B]Oc1cc(C(=O)N2CCN3CCC2CC3)[n+](O)cc1OCc1ccc(OC)cc1. The van der Waals surface area contributed by atoms with Gasteiger partial charge in [-0.3, -0.25) is 10.0 Å². The Morgan fingerprint density at radius 3 is 2.57 bits per heavy atom. The lowest BCUT2D eigenvalue weighted by Crippen LogP contribution is -2.47. The predicted octanol–water partition coefficient (Wildman–Crippen LogP) is 1.18. The highest BCUT2D eigenvalue weighted by Crippen LogP contribution is 2.28. The first-order valence-electron chi connectivity index (χ1n) is 10.0. The van der Waals surface area contributed by atoms with Crippen LogP contribution in [0.25, 0.3) is 0 Å². The number of amides is 1. The lowest BCUT2D eigenvalue weighted by molar-refractivity contribution is -0.906. The molecule has 1 N–H and O–H groups in total. The molecule has 3 aliphatic heterocycles. The number of carbonyl (C=O) groups is 1. The summed E-state index contributed by atoms with van der Waals surface area (Å²) in [4.78, 5) is 17.4. The van der Waals surface area contributed by atoms with Gasteiger partial charge in [-0.2, -0.15) is 0 Å². The van der Waals surface area contributed by atoms with Crippen molar-refractivity contribution < 1.29 is 28.9 Å². The Hall–Kier alpha value is -2.94. The molecule has 8 nitrogen and oxygen atoms in total. The van der Waals surface area contributed by atoms with Gasteiger partial charge >= 0.3 is 19.7 Å². The predicted molar refractivity (Wildman–Crippen MR) is 108 cm³/mol. The van der Waals surface area contributed by atoms with Crippen LogP contribution in [0.4, 0.5) is 0 Å². The lowest BCUT2D eigenvalue weighted by atomic mass is 10.0. The summed E-state index contributed by atoms with van der Waals surface area (Å²) in [6.45, 7) is 3.72. The summed E-state index contributed by atoms with van der Waals surface area (Å²) >= 11 is 0. The first-order valence-corrected chi connectivity index (χ1v) is 10.0. The second kappa shape index (κ2) is 8.83. The number of fused-ring (bicyclic) bond motifs is 4. The largest absolute Gasteiger partial charge is 0.565 e. The van der Waals surface area contributed by atoms with Crippen molar-refractivity contribution in [2.75, 3.05) is 33.3 Å². The zero-order chi connectivity index (χ0) is 21.1. The molecular weight excluding hydrogens is 385 g/mol. The number of pyridine rings is 1. The molecular formula is C21H25BN3O5+. The van der Waals surface area contributed by atoms with Gasteiger partial charge in [-0.1, -0.05) is 12.1 Å². The van der Waals surface area contributed by atoms with Crippen LogP contribution in [0.15, 0.2) is 36.5 Å². The average molecular weight is 410 g/mol. The number of ether oxygens (including phenoxy) is 2. The highest BCUT2D eigenvalue weighted by atomic mass is 16.5. The van der Waals surface area contributed by atoms with Crippen molar-refractivity contribution >= 4 is 14.0 Å². The van der Waals surface area contributed by atoms with E-state index in [4.69, 9.17) is 22.2 Å². The average Bonchev–Trinajstić information content (AvgIpc) is 3.11. The minimum absolute atomic E-state index is 0.0904. The molecule has 2 aromatic rings. The monoisotopic (exact) mass is 410 g/mol. The Morgan fingerprint density at radius 1 is 1.17 bits per heavy atom. The molecule has 3 saturated heterocycles. The van der Waals surface area contributed by atoms with Crippen LogP contribution in [0.2, 0.25) is 0 Å². The molecule has 0 unspecified atom stereocenters. The maximum atomic E-state index is 13.2. The van der Waals surface area contributed by atoms with Gasteiger partial charge in [0, 0.05) is 37.0 Å². The first-order chi connectivity index (χ1) is 14.6. The summed E-state index contributed by atoms with van der Waals surface area (Å²) in [5, 5.41) is 10.5. The van der Waals surface area contributed by atoms with Crippen molar-refractivity contribution in [3.63, 3.8) is 0 Å². The fraction of sp³-hybridized carbons (Fsp3) is 0.429. The van der Waals surface area contributed by atoms with Crippen molar-refractivity contribution in [2.45, 2.75) is 25.5 Å². The topological polar surface area (TPSA) is 75.4 Å². The summed E-state index contributed by atoms with van der Waals surface area (Å²) in [6, 6.07) is 9.01. The molecule has 156 valence electrons. The summed E-state index contributed by atoms with van der Waals surface area (Å²) in [5.74, 6) is 0.918. The summed E-state index contributed by atoms with van der Waals surface area (Å²) in [6.07, 6.45) is 3.19. The minimum Gasteiger partial charge on any atom is -0.565 e. The number of methoxy groups -OCH3 is 1. The number of carbonyl (C=O) groups excluding carboxylic acids is 1. The van der Waals surface area contributed by atoms with Crippen molar-refractivity contribution in [3.05, 3.63) is 47.8 Å². The first kappa shape index (κ1) is 20.3. The molecule has 5 rings (SSSR count). The molecule has 2 bridgehead atoms. The molecule has 3 aliphatic rings. The van der Waals surface area contributed by atoms with Gasteiger partial charge in [-0.25, -0.2) is 0 Å². The fourth-order valence-electron chi connectivity index (χ4n) is 4.05. The summed E-state index contributed by atoms with van der Waals surface area (Å²) in [5.41, 5.74) is 0.992. The molecule has 3 fully saturated rings. The van der Waals surface area contributed by atoms with Gasteiger partial charge in [0.2, 0.25) is 5.75 Å². The molecule has 0 aliphatic carbocycles. The highest BCUT2D eigenvalue weighted by Gasteiger charge is 2.37.